The van der Waals surface area contributed by atoms with Crippen molar-refractivity contribution in [2.24, 2.45) is 0 Å². The Hall–Kier alpha value is -1.47. The average Bonchev–Trinajstić information content (AvgIpc) is 2.57. The summed E-state index contributed by atoms with van der Waals surface area (Å²) in [5, 5.41) is 12.0. The van der Waals surface area contributed by atoms with Crippen molar-refractivity contribution < 1.29 is 19.4 Å². The van der Waals surface area contributed by atoms with Gasteiger partial charge in [0.15, 0.2) is 6.04 Å². The molecule has 0 bridgehead atoms. The number of hydrogen-bond acceptors (Lipinski definition) is 5. The molecule has 1 unspecified atom stereocenters. The van der Waals surface area contributed by atoms with E-state index in [9.17, 15) is 9.59 Å². The second-order valence-corrected chi connectivity index (χ2v) is 4.67. The first kappa shape index (κ1) is 13.6. The third kappa shape index (κ3) is 3.50. The third-order valence-corrected chi connectivity index (χ3v) is 3.12. The molecular formula is C10H14N2O4S. The van der Waals surface area contributed by atoms with Crippen molar-refractivity contribution in [3.63, 3.8) is 0 Å². The van der Waals surface area contributed by atoms with E-state index in [1.807, 2.05) is 0 Å². The van der Waals surface area contributed by atoms with E-state index in [1.54, 1.807) is 13.8 Å². The summed E-state index contributed by atoms with van der Waals surface area (Å²) in [5.74, 6) is -1.56. The van der Waals surface area contributed by atoms with Crippen molar-refractivity contribution in [1.29, 1.82) is 0 Å². The number of carbonyl (C=O) groups is 2. The highest BCUT2D eigenvalue weighted by Gasteiger charge is 2.22. The van der Waals surface area contributed by atoms with Gasteiger partial charge in [-0.1, -0.05) is 0 Å². The Morgan fingerprint density at radius 1 is 1.53 bits per heavy atom. The molecule has 17 heavy (non-hydrogen) atoms. The molecule has 0 aliphatic rings. The summed E-state index contributed by atoms with van der Waals surface area (Å²) in [6.45, 7) is 3.43. The number of hydrogen-bond donors (Lipinski definition) is 2. The predicted molar refractivity (Wildman–Crippen MR) is 62.4 cm³/mol. The fourth-order valence-electron chi connectivity index (χ4n) is 1.31. The Morgan fingerprint density at radius 3 is 2.59 bits per heavy atom. The lowest BCUT2D eigenvalue weighted by Crippen LogP contribution is -2.43. The Labute approximate surface area is 103 Å². The standard InChI is InChI=1S/C10H14N2O4S/c1-5-8(17-6(2)11-5)9(13)12-7(4-16-3)10(14)15/h7H,4H2,1-3H3,(H,12,13)(H,14,15). The molecule has 2 N–H and O–H groups in total. The Balaban J connectivity index is 2.77. The van der Waals surface area contributed by atoms with E-state index in [2.05, 4.69) is 10.3 Å². The molecule has 6 nitrogen and oxygen atoms in total. The first-order valence-corrected chi connectivity index (χ1v) is 5.74. The topological polar surface area (TPSA) is 88.5 Å². The highest BCUT2D eigenvalue weighted by Crippen LogP contribution is 2.16. The predicted octanol–water partition coefficient (Wildman–Crippen LogP) is 0.589. The highest BCUT2D eigenvalue weighted by atomic mass is 32.1. The van der Waals surface area contributed by atoms with E-state index < -0.39 is 17.9 Å². The number of carboxylic acid groups (broad SMARTS) is 1. The van der Waals surface area contributed by atoms with E-state index in [-0.39, 0.29) is 6.61 Å². The van der Waals surface area contributed by atoms with Gasteiger partial charge in [-0.15, -0.1) is 11.3 Å². The van der Waals surface area contributed by atoms with Crippen LogP contribution in [0.4, 0.5) is 0 Å². The maximum absolute atomic E-state index is 11.8. The molecule has 1 heterocycles. The molecule has 7 heteroatoms. The number of nitrogens with zero attached hydrogens (tertiary/aromatic N) is 1. The van der Waals surface area contributed by atoms with Crippen LogP contribution in [0.5, 0.6) is 0 Å². The van der Waals surface area contributed by atoms with Crippen LogP contribution < -0.4 is 5.32 Å². The first-order valence-electron chi connectivity index (χ1n) is 4.92. The number of methoxy groups -OCH3 is 1. The molecule has 0 saturated heterocycles. The molecule has 0 saturated carbocycles. The monoisotopic (exact) mass is 258 g/mol. The smallest absolute Gasteiger partial charge is 0.328 e. The van der Waals surface area contributed by atoms with Gasteiger partial charge < -0.3 is 15.2 Å². The highest BCUT2D eigenvalue weighted by molar-refractivity contribution is 7.13. The maximum Gasteiger partial charge on any atom is 0.328 e. The van der Waals surface area contributed by atoms with Crippen LogP contribution in [0.2, 0.25) is 0 Å². The summed E-state index contributed by atoms with van der Waals surface area (Å²) in [4.78, 5) is 27.2. The lowest BCUT2D eigenvalue weighted by atomic mass is 10.3. The van der Waals surface area contributed by atoms with E-state index >= 15 is 0 Å². The summed E-state index contributed by atoms with van der Waals surface area (Å²) in [6, 6.07) is -1.05. The zero-order chi connectivity index (χ0) is 13.0. The van der Waals surface area contributed by atoms with Crippen LogP contribution in [0, 0.1) is 13.8 Å². The van der Waals surface area contributed by atoms with E-state index in [4.69, 9.17) is 9.84 Å². The number of ether oxygens (including phenoxy) is 1. The van der Waals surface area contributed by atoms with Crippen molar-refractivity contribution in [3.05, 3.63) is 15.6 Å². The number of nitrogens with one attached hydrogen (secondary N) is 1. The summed E-state index contributed by atoms with van der Waals surface area (Å²) in [5.41, 5.74) is 0.603. The van der Waals surface area contributed by atoms with Gasteiger partial charge in [0.05, 0.1) is 17.3 Å². The van der Waals surface area contributed by atoms with Gasteiger partial charge in [-0.3, -0.25) is 4.79 Å². The van der Waals surface area contributed by atoms with Gasteiger partial charge in [-0.05, 0) is 13.8 Å². The zero-order valence-electron chi connectivity index (χ0n) is 9.81. The third-order valence-electron chi connectivity index (χ3n) is 2.05. The molecule has 1 aromatic heterocycles. The summed E-state index contributed by atoms with van der Waals surface area (Å²) in [7, 11) is 1.38. The lowest BCUT2D eigenvalue weighted by Gasteiger charge is -2.12. The van der Waals surface area contributed by atoms with Crippen LogP contribution in [-0.4, -0.2) is 41.7 Å². The molecule has 1 amide bonds. The van der Waals surface area contributed by atoms with E-state index in [0.717, 1.165) is 5.01 Å². The molecule has 0 spiro atoms. The molecule has 1 rings (SSSR count). The van der Waals surface area contributed by atoms with Crippen molar-refractivity contribution in [2.75, 3.05) is 13.7 Å². The Morgan fingerprint density at radius 2 is 2.18 bits per heavy atom. The Kier molecular flexibility index (Phi) is 4.59. The molecule has 0 aliphatic heterocycles. The van der Waals surface area contributed by atoms with Crippen molar-refractivity contribution in [1.82, 2.24) is 10.3 Å². The fourth-order valence-corrected chi connectivity index (χ4v) is 2.13. The van der Waals surface area contributed by atoms with Crippen LogP contribution in [0.3, 0.4) is 0 Å². The maximum atomic E-state index is 11.8. The summed E-state index contributed by atoms with van der Waals surface area (Å²) < 4.78 is 4.73. The lowest BCUT2D eigenvalue weighted by molar-refractivity contribution is -0.140. The minimum Gasteiger partial charge on any atom is -0.480 e. The summed E-state index contributed by atoms with van der Waals surface area (Å²) in [6.07, 6.45) is 0. The molecule has 0 aromatic carbocycles. The van der Waals surface area contributed by atoms with Crippen LogP contribution in [0.15, 0.2) is 0 Å². The quantitative estimate of drug-likeness (QED) is 0.807. The van der Waals surface area contributed by atoms with Gasteiger partial charge in [0, 0.05) is 7.11 Å². The number of carbonyl (C=O) groups excluding carboxylic acids is 1. The van der Waals surface area contributed by atoms with E-state index in [1.165, 1.54) is 18.4 Å². The number of amides is 1. The average molecular weight is 258 g/mol. The number of thiazole rings is 1. The minimum atomic E-state index is -1.13. The fraction of sp³-hybridized carbons (Fsp3) is 0.500. The van der Waals surface area contributed by atoms with Gasteiger partial charge in [-0.2, -0.15) is 0 Å². The van der Waals surface area contributed by atoms with Crippen LogP contribution in [-0.2, 0) is 9.53 Å². The first-order chi connectivity index (χ1) is 7.95. The SMILES string of the molecule is COCC(NC(=O)c1sc(C)nc1C)C(=O)O. The van der Waals surface area contributed by atoms with Crippen molar-refractivity contribution >= 4 is 23.2 Å². The van der Waals surface area contributed by atoms with Crippen molar-refractivity contribution in [3.8, 4) is 0 Å². The molecule has 1 atom stereocenters. The van der Waals surface area contributed by atoms with Gasteiger partial charge >= 0.3 is 5.97 Å². The van der Waals surface area contributed by atoms with Gasteiger partial charge in [0.2, 0.25) is 0 Å². The molecule has 0 radical (unpaired) electrons. The van der Waals surface area contributed by atoms with Gasteiger partial charge in [-0.25, -0.2) is 9.78 Å². The zero-order valence-corrected chi connectivity index (χ0v) is 10.6. The number of carboxylic acids is 1. The van der Waals surface area contributed by atoms with Crippen LogP contribution >= 0.6 is 11.3 Å². The van der Waals surface area contributed by atoms with Gasteiger partial charge in [0.25, 0.3) is 5.91 Å². The number of rotatable bonds is 5. The normalized spacial score (nSPS) is 12.2. The van der Waals surface area contributed by atoms with Crippen molar-refractivity contribution in [2.45, 2.75) is 19.9 Å². The molecule has 0 fully saturated rings. The minimum absolute atomic E-state index is 0.0715. The van der Waals surface area contributed by atoms with Crippen LogP contribution in [0.1, 0.15) is 20.4 Å². The molecule has 94 valence electrons. The number of aliphatic carboxylic acids is 1. The second-order valence-electron chi connectivity index (χ2n) is 3.47. The second kappa shape index (κ2) is 5.74. The molecule has 1 aromatic rings. The molecule has 0 aliphatic carbocycles. The Bertz CT molecular complexity index is 430. The molecular weight excluding hydrogens is 244 g/mol. The van der Waals surface area contributed by atoms with E-state index in [0.29, 0.717) is 10.6 Å². The summed E-state index contributed by atoms with van der Waals surface area (Å²) >= 11 is 1.24. The van der Waals surface area contributed by atoms with Crippen LogP contribution in [0.25, 0.3) is 0 Å². The van der Waals surface area contributed by atoms with Gasteiger partial charge in [0.1, 0.15) is 4.88 Å². The number of aromatic nitrogens is 1. The number of aryl methyl sites for hydroxylation is 2. The largest absolute Gasteiger partial charge is 0.480 e.